The van der Waals surface area contributed by atoms with Gasteiger partial charge in [-0.15, -0.1) is 0 Å². The molecule has 1 heterocycles. The van der Waals surface area contributed by atoms with Gasteiger partial charge < -0.3 is 15.3 Å². The molecule has 1 atom stereocenters. The summed E-state index contributed by atoms with van der Waals surface area (Å²) < 4.78 is 0. The minimum absolute atomic E-state index is 0.104. The largest absolute Gasteiger partial charge is 0.379 e. The lowest BCUT2D eigenvalue weighted by molar-refractivity contribution is -0.156. The molecular weight excluding hydrogens is 288 g/mol. The van der Waals surface area contributed by atoms with E-state index in [4.69, 9.17) is 0 Å². The third-order valence-electron chi connectivity index (χ3n) is 4.41. The van der Waals surface area contributed by atoms with Crippen LogP contribution < -0.4 is 5.32 Å². The van der Waals surface area contributed by atoms with E-state index in [0.717, 1.165) is 38.9 Å². The predicted molar refractivity (Wildman–Crippen MR) is 93.2 cm³/mol. The summed E-state index contributed by atoms with van der Waals surface area (Å²) in [5, 5.41) is 13.9. The third kappa shape index (κ3) is 5.33. The fraction of sp³-hybridized carbons (Fsp3) is 0.632. The Balaban J connectivity index is 1.81. The molecule has 0 aromatic heterocycles. The molecule has 1 unspecified atom stereocenters. The molecule has 1 aromatic carbocycles. The van der Waals surface area contributed by atoms with Crippen LogP contribution in [0.15, 0.2) is 30.3 Å². The molecule has 2 rings (SSSR count). The fourth-order valence-electron chi connectivity index (χ4n) is 3.13. The number of rotatable bonds is 8. The molecule has 0 saturated carbocycles. The topological polar surface area (TPSA) is 52.6 Å². The summed E-state index contributed by atoms with van der Waals surface area (Å²) in [6, 6.07) is 10.3. The smallest absolute Gasteiger partial charge is 0.255 e. The fourth-order valence-corrected chi connectivity index (χ4v) is 3.13. The average Bonchev–Trinajstić information content (AvgIpc) is 2.52. The van der Waals surface area contributed by atoms with Crippen molar-refractivity contribution in [3.8, 4) is 0 Å². The zero-order valence-electron chi connectivity index (χ0n) is 14.4. The Morgan fingerprint density at radius 1 is 1.30 bits per heavy atom. The first-order valence-corrected chi connectivity index (χ1v) is 8.78. The maximum absolute atomic E-state index is 12.6. The van der Waals surface area contributed by atoms with Gasteiger partial charge in [0, 0.05) is 19.6 Å². The Kier molecular flexibility index (Phi) is 6.60. The first kappa shape index (κ1) is 18.0. The summed E-state index contributed by atoms with van der Waals surface area (Å²) in [6.45, 7) is 6.91. The van der Waals surface area contributed by atoms with Crippen LogP contribution in [0.25, 0.3) is 0 Å². The zero-order valence-corrected chi connectivity index (χ0v) is 14.4. The third-order valence-corrected chi connectivity index (χ3v) is 4.41. The number of benzene rings is 1. The Hall–Kier alpha value is -1.39. The number of nitrogens with one attached hydrogen (secondary N) is 1. The quantitative estimate of drug-likeness (QED) is 0.773. The van der Waals surface area contributed by atoms with Crippen LogP contribution in [-0.2, 0) is 11.2 Å². The number of likely N-dealkylation sites (tertiary alicyclic amines) is 1. The van der Waals surface area contributed by atoms with Crippen LogP contribution in [0.5, 0.6) is 0 Å². The molecule has 0 spiro atoms. The van der Waals surface area contributed by atoms with E-state index in [1.807, 2.05) is 23.1 Å². The molecule has 2 N–H and O–H groups in total. The molecule has 4 nitrogen and oxygen atoms in total. The zero-order chi connectivity index (χ0) is 16.7. The van der Waals surface area contributed by atoms with Crippen LogP contribution in [-0.4, -0.2) is 47.7 Å². The molecule has 1 fully saturated rings. The van der Waals surface area contributed by atoms with Crippen molar-refractivity contribution >= 4 is 5.91 Å². The lowest BCUT2D eigenvalue weighted by Crippen LogP contribution is -2.58. The monoisotopic (exact) mass is 318 g/mol. The summed E-state index contributed by atoms with van der Waals surface area (Å²) in [5.74, 6) is 0.410. The number of hydrogen-bond donors (Lipinski definition) is 2. The molecule has 1 aliphatic heterocycles. The number of carbonyl (C=O) groups excluding carboxylic acids is 1. The van der Waals surface area contributed by atoms with Gasteiger partial charge in [0.25, 0.3) is 5.91 Å². The average molecular weight is 318 g/mol. The van der Waals surface area contributed by atoms with E-state index in [1.165, 1.54) is 5.56 Å². The van der Waals surface area contributed by atoms with Gasteiger partial charge in [-0.2, -0.15) is 0 Å². The summed E-state index contributed by atoms with van der Waals surface area (Å²) >= 11 is 0. The van der Waals surface area contributed by atoms with Crippen LogP contribution in [0.2, 0.25) is 0 Å². The Bertz CT molecular complexity index is 489. The molecular formula is C19H30N2O2. The van der Waals surface area contributed by atoms with E-state index in [1.54, 1.807) is 0 Å². The molecule has 4 heteroatoms. The van der Waals surface area contributed by atoms with Crippen molar-refractivity contribution in [1.29, 1.82) is 0 Å². The molecule has 0 radical (unpaired) electrons. The molecule has 1 amide bonds. The van der Waals surface area contributed by atoms with Crippen LogP contribution >= 0.6 is 0 Å². The van der Waals surface area contributed by atoms with Crippen LogP contribution in [0.1, 0.15) is 38.7 Å². The van der Waals surface area contributed by atoms with Crippen molar-refractivity contribution in [2.75, 3.05) is 26.2 Å². The molecule has 128 valence electrons. The second-order valence-corrected chi connectivity index (χ2v) is 7.04. The SMILES string of the molecule is CC(C)CNCC1(O)CCCN(CCCc2ccccc2)C1=O. The highest BCUT2D eigenvalue weighted by atomic mass is 16.3. The number of aliphatic hydroxyl groups is 1. The first-order valence-electron chi connectivity index (χ1n) is 8.78. The van der Waals surface area contributed by atoms with Crippen molar-refractivity contribution in [3.63, 3.8) is 0 Å². The van der Waals surface area contributed by atoms with Crippen molar-refractivity contribution in [1.82, 2.24) is 10.2 Å². The molecule has 0 bridgehead atoms. The van der Waals surface area contributed by atoms with Crippen molar-refractivity contribution in [2.24, 2.45) is 5.92 Å². The Morgan fingerprint density at radius 3 is 2.74 bits per heavy atom. The second kappa shape index (κ2) is 8.46. The first-order chi connectivity index (χ1) is 11.0. The molecule has 1 saturated heterocycles. The summed E-state index contributed by atoms with van der Waals surface area (Å²) in [5.41, 5.74) is 0.0747. The molecule has 0 aliphatic carbocycles. The van der Waals surface area contributed by atoms with Gasteiger partial charge in [0.15, 0.2) is 5.60 Å². The molecule has 1 aliphatic rings. The van der Waals surface area contributed by atoms with Gasteiger partial charge in [0.2, 0.25) is 0 Å². The predicted octanol–water partition coefficient (Wildman–Crippen LogP) is 2.22. The maximum atomic E-state index is 12.6. The molecule has 1 aromatic rings. The van der Waals surface area contributed by atoms with E-state index in [0.29, 0.717) is 18.9 Å². The van der Waals surface area contributed by atoms with Gasteiger partial charge in [0.1, 0.15) is 0 Å². The maximum Gasteiger partial charge on any atom is 0.255 e. The lowest BCUT2D eigenvalue weighted by Gasteiger charge is -2.38. The van der Waals surface area contributed by atoms with Crippen LogP contribution in [0, 0.1) is 5.92 Å². The van der Waals surface area contributed by atoms with E-state index in [-0.39, 0.29) is 5.91 Å². The number of aryl methyl sites for hydroxylation is 1. The van der Waals surface area contributed by atoms with Crippen molar-refractivity contribution < 1.29 is 9.90 Å². The van der Waals surface area contributed by atoms with Gasteiger partial charge >= 0.3 is 0 Å². The number of amides is 1. The highest BCUT2D eigenvalue weighted by molar-refractivity contribution is 5.86. The van der Waals surface area contributed by atoms with E-state index in [9.17, 15) is 9.90 Å². The number of nitrogens with zero attached hydrogens (tertiary/aromatic N) is 1. The summed E-state index contributed by atoms with van der Waals surface area (Å²) in [4.78, 5) is 14.4. The Labute approximate surface area is 139 Å². The lowest BCUT2D eigenvalue weighted by atomic mass is 9.91. The van der Waals surface area contributed by atoms with Gasteiger partial charge in [0.05, 0.1) is 0 Å². The minimum atomic E-state index is -1.22. The number of hydrogen-bond acceptors (Lipinski definition) is 3. The summed E-state index contributed by atoms with van der Waals surface area (Å²) in [6.07, 6.45) is 3.34. The minimum Gasteiger partial charge on any atom is -0.379 e. The van der Waals surface area contributed by atoms with E-state index >= 15 is 0 Å². The Morgan fingerprint density at radius 2 is 2.04 bits per heavy atom. The van der Waals surface area contributed by atoms with Crippen LogP contribution in [0.3, 0.4) is 0 Å². The van der Waals surface area contributed by atoms with Gasteiger partial charge in [-0.3, -0.25) is 4.79 Å². The second-order valence-electron chi connectivity index (χ2n) is 7.04. The number of carbonyl (C=O) groups is 1. The highest BCUT2D eigenvalue weighted by Crippen LogP contribution is 2.22. The van der Waals surface area contributed by atoms with Crippen LogP contribution in [0.4, 0.5) is 0 Å². The normalized spacial score (nSPS) is 21.9. The van der Waals surface area contributed by atoms with E-state index < -0.39 is 5.60 Å². The van der Waals surface area contributed by atoms with Gasteiger partial charge in [-0.05, 0) is 43.7 Å². The highest BCUT2D eigenvalue weighted by Gasteiger charge is 2.41. The van der Waals surface area contributed by atoms with Crippen molar-refractivity contribution in [3.05, 3.63) is 35.9 Å². The van der Waals surface area contributed by atoms with Gasteiger partial charge in [-0.25, -0.2) is 0 Å². The standard InChI is InChI=1S/C19H30N2O2/c1-16(2)14-20-15-19(23)11-7-13-21(18(19)22)12-6-10-17-8-4-3-5-9-17/h3-5,8-9,16,20,23H,6-7,10-15H2,1-2H3. The molecule has 23 heavy (non-hydrogen) atoms. The van der Waals surface area contributed by atoms with Crippen molar-refractivity contribution in [2.45, 2.75) is 45.1 Å². The summed E-state index contributed by atoms with van der Waals surface area (Å²) in [7, 11) is 0. The van der Waals surface area contributed by atoms with E-state index in [2.05, 4.69) is 31.3 Å². The van der Waals surface area contributed by atoms with Gasteiger partial charge in [-0.1, -0.05) is 44.2 Å². The number of piperidine rings is 1.